The van der Waals surface area contributed by atoms with Crippen molar-refractivity contribution >= 4 is 6.09 Å². The Kier molecular flexibility index (Phi) is 5.46. The largest absolute Gasteiger partial charge is 0.445 e. The van der Waals surface area contributed by atoms with E-state index in [-0.39, 0.29) is 6.09 Å². The maximum Gasteiger partial charge on any atom is 0.410 e. The summed E-state index contributed by atoms with van der Waals surface area (Å²) in [5.41, 5.74) is 1.04. The number of hydrogen-bond acceptors (Lipinski definition) is 4. The Labute approximate surface area is 156 Å². The molecule has 0 spiro atoms. The minimum atomic E-state index is -0.161. The van der Waals surface area contributed by atoms with Crippen LogP contribution in [0.15, 0.2) is 30.3 Å². The van der Waals surface area contributed by atoms with E-state index in [0.717, 1.165) is 49.2 Å². The fourth-order valence-electron chi connectivity index (χ4n) is 4.95. The summed E-state index contributed by atoms with van der Waals surface area (Å²) in [6.45, 7) is 8.33. The van der Waals surface area contributed by atoms with E-state index in [9.17, 15) is 4.79 Å². The maximum absolute atomic E-state index is 12.3. The predicted octanol–water partition coefficient (Wildman–Crippen LogP) is 2.53. The van der Waals surface area contributed by atoms with Crippen LogP contribution in [0.2, 0.25) is 0 Å². The molecule has 5 nitrogen and oxygen atoms in total. The van der Waals surface area contributed by atoms with Gasteiger partial charge in [-0.25, -0.2) is 4.79 Å². The Bertz CT molecular complexity index is 587. The van der Waals surface area contributed by atoms with Crippen molar-refractivity contribution in [3.05, 3.63) is 35.9 Å². The number of hydrogen-bond donors (Lipinski definition) is 0. The first-order chi connectivity index (χ1) is 12.7. The molecule has 3 aliphatic rings. The summed E-state index contributed by atoms with van der Waals surface area (Å²) in [6.07, 6.45) is 2.05. The summed E-state index contributed by atoms with van der Waals surface area (Å²) in [7, 11) is 2.25. The van der Waals surface area contributed by atoms with Crippen LogP contribution in [-0.2, 0) is 11.3 Å². The molecule has 0 aliphatic carbocycles. The number of rotatable bonds is 4. The molecule has 2 atom stereocenters. The molecule has 0 bridgehead atoms. The van der Waals surface area contributed by atoms with Crippen LogP contribution in [0.3, 0.4) is 0 Å². The number of carbonyl (C=O) groups excluding carboxylic acids is 1. The molecule has 3 saturated heterocycles. The number of benzene rings is 1. The molecule has 0 unspecified atom stereocenters. The highest BCUT2D eigenvalue weighted by Crippen LogP contribution is 2.31. The average molecular weight is 357 g/mol. The van der Waals surface area contributed by atoms with Crippen molar-refractivity contribution in [3.8, 4) is 0 Å². The zero-order chi connectivity index (χ0) is 17.9. The lowest BCUT2D eigenvalue weighted by molar-refractivity contribution is 0.0779. The van der Waals surface area contributed by atoms with Crippen LogP contribution in [0, 0.1) is 17.8 Å². The minimum absolute atomic E-state index is 0.161. The van der Waals surface area contributed by atoms with Crippen molar-refractivity contribution in [1.29, 1.82) is 0 Å². The number of fused-ring (bicyclic) bond motifs is 1. The molecule has 3 fully saturated rings. The third-order valence-electron chi connectivity index (χ3n) is 6.34. The SMILES string of the molecule is CN1C[C@@H]2CN(CC3CCN(C(=O)OCc4ccccc4)CC3)C[C@@H]2C1. The van der Waals surface area contributed by atoms with E-state index in [2.05, 4.69) is 16.8 Å². The van der Waals surface area contributed by atoms with Gasteiger partial charge in [0.2, 0.25) is 0 Å². The van der Waals surface area contributed by atoms with Crippen molar-refractivity contribution in [2.75, 3.05) is 52.9 Å². The van der Waals surface area contributed by atoms with E-state index in [4.69, 9.17) is 4.74 Å². The Morgan fingerprint density at radius 1 is 1.04 bits per heavy atom. The molecule has 1 amide bonds. The van der Waals surface area contributed by atoms with Gasteiger partial charge in [0, 0.05) is 45.8 Å². The molecule has 1 aromatic rings. The highest BCUT2D eigenvalue weighted by atomic mass is 16.6. The molecule has 3 aliphatic heterocycles. The molecular weight excluding hydrogens is 326 g/mol. The number of carbonyl (C=O) groups is 1. The smallest absolute Gasteiger partial charge is 0.410 e. The van der Waals surface area contributed by atoms with Gasteiger partial charge in [0.25, 0.3) is 0 Å². The van der Waals surface area contributed by atoms with E-state index < -0.39 is 0 Å². The van der Waals surface area contributed by atoms with Gasteiger partial charge in [0.1, 0.15) is 6.61 Å². The lowest BCUT2D eigenvalue weighted by atomic mass is 9.96. The van der Waals surface area contributed by atoms with E-state index in [1.807, 2.05) is 35.2 Å². The second-order valence-electron chi connectivity index (χ2n) is 8.43. The number of likely N-dealkylation sites (tertiary alicyclic amines) is 3. The first kappa shape index (κ1) is 17.8. The summed E-state index contributed by atoms with van der Waals surface area (Å²) in [5, 5.41) is 0. The van der Waals surface area contributed by atoms with Crippen LogP contribution in [0.5, 0.6) is 0 Å². The molecule has 26 heavy (non-hydrogen) atoms. The molecule has 0 saturated carbocycles. The van der Waals surface area contributed by atoms with E-state index in [1.54, 1.807) is 0 Å². The predicted molar refractivity (Wildman–Crippen MR) is 102 cm³/mol. The summed E-state index contributed by atoms with van der Waals surface area (Å²) < 4.78 is 5.47. The van der Waals surface area contributed by atoms with Gasteiger partial charge in [-0.3, -0.25) is 0 Å². The lowest BCUT2D eigenvalue weighted by Crippen LogP contribution is -2.41. The third-order valence-corrected chi connectivity index (χ3v) is 6.34. The summed E-state index contributed by atoms with van der Waals surface area (Å²) in [5.74, 6) is 2.49. The Morgan fingerprint density at radius 2 is 1.69 bits per heavy atom. The normalized spacial score (nSPS) is 27.7. The fraction of sp³-hybridized carbons (Fsp3) is 0.667. The molecule has 0 aromatic heterocycles. The van der Waals surface area contributed by atoms with Gasteiger partial charge in [0.15, 0.2) is 0 Å². The topological polar surface area (TPSA) is 36.0 Å². The molecule has 5 heteroatoms. The van der Waals surface area contributed by atoms with Gasteiger partial charge in [-0.2, -0.15) is 0 Å². The van der Waals surface area contributed by atoms with E-state index in [0.29, 0.717) is 6.61 Å². The summed E-state index contributed by atoms with van der Waals surface area (Å²) in [4.78, 5) is 19.3. The zero-order valence-electron chi connectivity index (χ0n) is 15.8. The van der Waals surface area contributed by atoms with Crippen LogP contribution < -0.4 is 0 Å². The zero-order valence-corrected chi connectivity index (χ0v) is 15.8. The quantitative estimate of drug-likeness (QED) is 0.830. The van der Waals surface area contributed by atoms with Crippen LogP contribution in [-0.4, -0.2) is 73.7 Å². The average Bonchev–Trinajstić information content (AvgIpc) is 3.17. The highest BCUT2D eigenvalue weighted by molar-refractivity contribution is 5.67. The van der Waals surface area contributed by atoms with Gasteiger partial charge in [0.05, 0.1) is 0 Å². The molecule has 4 rings (SSSR count). The first-order valence-corrected chi connectivity index (χ1v) is 10.0. The molecule has 0 N–H and O–H groups in total. The standard InChI is InChI=1S/C21H31N3O2/c1-22-12-19-14-23(15-20(19)13-22)11-17-7-9-24(10-8-17)21(25)26-16-18-5-3-2-4-6-18/h2-6,17,19-20H,7-16H2,1H3/t19-,20+. The summed E-state index contributed by atoms with van der Waals surface area (Å²) >= 11 is 0. The van der Waals surface area contributed by atoms with Crippen molar-refractivity contribution < 1.29 is 9.53 Å². The minimum Gasteiger partial charge on any atom is -0.445 e. The molecule has 0 radical (unpaired) electrons. The number of ether oxygens (including phenoxy) is 1. The monoisotopic (exact) mass is 357 g/mol. The molecule has 3 heterocycles. The van der Waals surface area contributed by atoms with Crippen LogP contribution >= 0.6 is 0 Å². The van der Waals surface area contributed by atoms with Crippen LogP contribution in [0.1, 0.15) is 18.4 Å². The Morgan fingerprint density at radius 3 is 2.35 bits per heavy atom. The number of nitrogens with zero attached hydrogens (tertiary/aromatic N) is 3. The van der Waals surface area contributed by atoms with E-state index >= 15 is 0 Å². The van der Waals surface area contributed by atoms with Gasteiger partial charge in [-0.15, -0.1) is 0 Å². The third kappa shape index (κ3) is 4.21. The number of piperidine rings is 1. The summed E-state index contributed by atoms with van der Waals surface area (Å²) in [6, 6.07) is 9.89. The first-order valence-electron chi connectivity index (χ1n) is 10.0. The maximum atomic E-state index is 12.3. The Hall–Kier alpha value is -1.59. The van der Waals surface area contributed by atoms with Crippen LogP contribution in [0.25, 0.3) is 0 Å². The van der Waals surface area contributed by atoms with Crippen molar-refractivity contribution in [3.63, 3.8) is 0 Å². The van der Waals surface area contributed by atoms with Crippen LogP contribution in [0.4, 0.5) is 4.79 Å². The van der Waals surface area contributed by atoms with Gasteiger partial charge < -0.3 is 19.4 Å². The molecule has 142 valence electrons. The number of amides is 1. The van der Waals surface area contributed by atoms with Crippen molar-refractivity contribution in [2.24, 2.45) is 17.8 Å². The van der Waals surface area contributed by atoms with Crippen molar-refractivity contribution in [1.82, 2.24) is 14.7 Å². The Balaban J connectivity index is 1.17. The van der Waals surface area contributed by atoms with E-state index in [1.165, 1.54) is 32.7 Å². The van der Waals surface area contributed by atoms with Gasteiger partial charge in [-0.05, 0) is 43.2 Å². The second kappa shape index (κ2) is 7.97. The molecule has 1 aromatic carbocycles. The second-order valence-corrected chi connectivity index (χ2v) is 8.43. The lowest BCUT2D eigenvalue weighted by Gasteiger charge is -2.33. The fourth-order valence-corrected chi connectivity index (χ4v) is 4.95. The van der Waals surface area contributed by atoms with Gasteiger partial charge in [-0.1, -0.05) is 30.3 Å². The van der Waals surface area contributed by atoms with Gasteiger partial charge >= 0.3 is 6.09 Å². The van der Waals surface area contributed by atoms with Crippen molar-refractivity contribution in [2.45, 2.75) is 19.4 Å². The highest BCUT2D eigenvalue weighted by Gasteiger charge is 2.39. The molecular formula is C21H31N3O2.